The Morgan fingerprint density at radius 1 is 0.476 bits per heavy atom. The molecule has 0 nitrogen and oxygen atoms in total. The van der Waals surface area contributed by atoms with Gasteiger partial charge < -0.3 is 50.6 Å². The topological polar surface area (TPSA) is 0 Å². The van der Waals surface area contributed by atoms with Gasteiger partial charge in [-0.1, -0.05) is 70.2 Å². The zero-order valence-electron chi connectivity index (χ0n) is 14.2. The normalized spacial score (nSPS) is 3.05. The summed E-state index contributed by atoms with van der Waals surface area (Å²) in [7, 11) is 0. The molecule has 0 rings (SSSR count). The van der Waals surface area contributed by atoms with Crippen molar-refractivity contribution in [2.75, 3.05) is 0 Å². The van der Waals surface area contributed by atoms with Crippen LogP contribution >= 0.6 is 0 Å². The zero-order chi connectivity index (χ0) is 14.8. The number of hydrogen-bond acceptors (Lipinski definition) is 0. The molecule has 0 N–H and O–H groups in total. The molecule has 0 aliphatic rings. The quantitative estimate of drug-likeness (QED) is 0.294. The van der Waals surface area contributed by atoms with Crippen molar-refractivity contribution in [3.8, 4) is 0 Å². The molecule has 0 spiro atoms. The third kappa shape index (κ3) is 802. The van der Waals surface area contributed by atoms with E-state index >= 15 is 0 Å². The van der Waals surface area contributed by atoms with Crippen LogP contribution in [0.25, 0.3) is 0 Å². The summed E-state index contributed by atoms with van der Waals surface area (Å²) in [5, 5.41) is 0. The van der Waals surface area contributed by atoms with Crippen molar-refractivity contribution in [1.29, 1.82) is 0 Å². The summed E-state index contributed by atoms with van der Waals surface area (Å²) >= 11 is 0. The molecule has 0 aromatic heterocycles. The molecule has 0 aromatic carbocycles. The molecule has 2 radical (unpaired) electrons. The smallest absolute Gasteiger partial charge is 0 e. The molecule has 132 valence electrons. The molecule has 0 saturated heterocycles. The summed E-state index contributed by atoms with van der Waals surface area (Å²) in [6.45, 7) is 34.9. The molecule has 0 heterocycles. The van der Waals surface area contributed by atoms with E-state index in [1.54, 1.807) is 0 Å². The number of halogens is 1. The van der Waals surface area contributed by atoms with Crippen LogP contribution < -0.4 is 0 Å². The van der Waals surface area contributed by atoms with Crippen molar-refractivity contribution in [3.05, 3.63) is 50.6 Å². The second kappa shape index (κ2) is 328. The Balaban J connectivity index is -0.00000000533. The van der Waals surface area contributed by atoms with Gasteiger partial charge in [0.1, 0.15) is 0 Å². The first-order valence-electron chi connectivity index (χ1n) is 6.00. The van der Waals surface area contributed by atoms with Gasteiger partial charge in [-0.2, -0.15) is 0 Å². The van der Waals surface area contributed by atoms with E-state index in [0.717, 1.165) is 0 Å². The fourth-order valence-corrected chi connectivity index (χ4v) is 0. The molecule has 3 heteroatoms. The van der Waals surface area contributed by atoms with Gasteiger partial charge in [0.15, 0.2) is 0 Å². The fraction of sp³-hybridized carbons (Fsp3) is 0.556. The summed E-state index contributed by atoms with van der Waals surface area (Å²) in [4.78, 5) is 0. The predicted octanol–water partition coefficient (Wildman–Crippen LogP) is 7.70. The van der Waals surface area contributed by atoms with Crippen molar-refractivity contribution in [2.24, 2.45) is 0 Å². The summed E-state index contributed by atoms with van der Waals surface area (Å²) < 4.78 is 0. The van der Waals surface area contributed by atoms with Gasteiger partial charge in [0.2, 0.25) is 0 Å². The summed E-state index contributed by atoms with van der Waals surface area (Å²) in [6, 6.07) is 0. The van der Waals surface area contributed by atoms with Crippen LogP contribution in [0.2, 0.25) is 0 Å². The predicted molar refractivity (Wildman–Crippen MR) is 99.0 cm³/mol. The number of allylic oxidation sites excluding steroid dienone is 4. The average molecular weight is 457 g/mol. The molecular weight excluding hydrogens is 413 g/mol. The van der Waals surface area contributed by atoms with Crippen LogP contribution in [0.1, 0.15) is 71.7 Å². The summed E-state index contributed by atoms with van der Waals surface area (Å²) in [5.74, 6) is 0. The summed E-state index contributed by atoms with van der Waals surface area (Å²) in [6.07, 6.45) is 5.11. The first-order valence-corrected chi connectivity index (χ1v) is 6.00. The van der Waals surface area contributed by atoms with E-state index in [1.807, 2.05) is 55.4 Å². The number of rotatable bonds is 2. The van der Waals surface area contributed by atoms with E-state index in [9.17, 15) is 0 Å². The molecule has 0 fully saturated rings. The van der Waals surface area contributed by atoms with Gasteiger partial charge in [0, 0.05) is 66.8 Å². The third-order valence-corrected chi connectivity index (χ3v) is 0.222. The Morgan fingerprint density at radius 2 is 0.524 bits per heavy atom. The van der Waals surface area contributed by atoms with E-state index in [1.165, 1.54) is 24.3 Å². The largest absolute Gasteiger partial charge is 0.394 e. The standard InChI is InChI=1S/2C4H4.4C2H6.2CH4.FH.2Y.H2/c2*1-3-4-2;4*1-2;;;;;;/h2*1-4H;4*1-2H3;2*1H4;1H;;;1H/q2*-2;;;;;;;;;;/i;;;;;;;;;;;1+1. The fourth-order valence-electron chi connectivity index (χ4n) is 0. The van der Waals surface area contributed by atoms with Crippen LogP contribution in [0.4, 0.5) is 4.70 Å². The van der Waals surface area contributed by atoms with E-state index in [-0.39, 0.29) is 86.4 Å². The van der Waals surface area contributed by atoms with Gasteiger partial charge >= 0.3 is 0 Å². The van der Waals surface area contributed by atoms with Gasteiger partial charge in [-0.15, -0.1) is 0 Å². The monoisotopic (exact) mass is 457 g/mol. The zero-order valence-corrected chi connectivity index (χ0v) is 19.9. The Morgan fingerprint density at radius 3 is 0.524 bits per heavy atom. The SMILES string of the molecule is C.C.CC.CC.CC.CC.F.[2HH].[CH-]=CC=[CH-].[CH-]=CC=[CH-].[Y].[Y]. The maximum Gasteiger partial charge on any atom is 0 e. The van der Waals surface area contributed by atoms with E-state index in [4.69, 9.17) is 26.3 Å². The van der Waals surface area contributed by atoms with E-state index in [0.29, 0.717) is 0 Å². The number of hydrogen-bond donors (Lipinski definition) is 0. The van der Waals surface area contributed by atoms with Crippen LogP contribution in [0, 0.1) is 26.3 Å². The molecule has 0 bridgehead atoms. The van der Waals surface area contributed by atoms with E-state index < -0.39 is 0 Å². The maximum absolute atomic E-state index is 4.72. The van der Waals surface area contributed by atoms with Crippen LogP contribution in [0.5, 0.6) is 0 Å². The van der Waals surface area contributed by atoms with Gasteiger partial charge in [-0.05, 0) is 0 Å². The van der Waals surface area contributed by atoms with E-state index in [2.05, 4.69) is 0 Å². The Labute approximate surface area is 190 Å². The molecule has 0 saturated carbocycles. The second-order valence-corrected chi connectivity index (χ2v) is 0.770. The van der Waals surface area contributed by atoms with Crippen LogP contribution in [-0.2, 0) is 65.4 Å². The molecule has 0 aliphatic carbocycles. The van der Waals surface area contributed by atoms with Crippen LogP contribution in [-0.4, -0.2) is 0 Å². The third-order valence-electron chi connectivity index (χ3n) is 0.222. The minimum absolute atomic E-state index is 0. The van der Waals surface area contributed by atoms with Crippen molar-refractivity contribution < 1.29 is 71.5 Å². The van der Waals surface area contributed by atoms with Gasteiger partial charge in [0.25, 0.3) is 0 Å². The van der Waals surface area contributed by atoms with Crippen LogP contribution in [0.15, 0.2) is 24.3 Å². The van der Waals surface area contributed by atoms with Gasteiger partial charge in [0.05, 0.1) is 0 Å². The first-order chi connectivity index (χ1) is 7.83. The minimum atomic E-state index is 0. The van der Waals surface area contributed by atoms with Gasteiger partial charge in [-0.3, -0.25) is 4.70 Å². The average Bonchev–Trinajstić information content (AvgIpc) is 2.47. The van der Waals surface area contributed by atoms with Crippen LogP contribution in [0.3, 0.4) is 0 Å². The molecule has 0 aliphatic heterocycles. The molecular formula is C18H43FY2-4. The molecule has 0 aromatic rings. The molecule has 0 amide bonds. The summed E-state index contributed by atoms with van der Waals surface area (Å²) in [5.41, 5.74) is 0. The van der Waals surface area contributed by atoms with Crippen molar-refractivity contribution in [2.45, 2.75) is 70.2 Å². The first kappa shape index (κ1) is 79.9. The Bertz CT molecular complexity index is 75.1. The van der Waals surface area contributed by atoms with Crippen molar-refractivity contribution in [1.82, 2.24) is 0 Å². The van der Waals surface area contributed by atoms with Gasteiger partial charge in [-0.25, -0.2) is 0 Å². The maximum atomic E-state index is 4.72. The Kier molecular flexibility index (Phi) is 1250. The Hall–Kier alpha value is 1.10. The second-order valence-electron chi connectivity index (χ2n) is 0.770. The molecule has 21 heavy (non-hydrogen) atoms. The van der Waals surface area contributed by atoms with Crippen molar-refractivity contribution >= 4 is 0 Å². The van der Waals surface area contributed by atoms with Crippen molar-refractivity contribution in [3.63, 3.8) is 0 Å². The molecule has 0 atom stereocenters. The minimum Gasteiger partial charge on any atom is -0.394 e. The molecule has 0 unspecified atom stereocenters.